The van der Waals surface area contributed by atoms with Gasteiger partial charge in [-0.15, -0.1) is 0 Å². The van der Waals surface area contributed by atoms with Crippen LogP contribution in [0.2, 0.25) is 0 Å². The highest BCUT2D eigenvalue weighted by atomic mass is 16.1. The maximum Gasteiger partial charge on any atom is 0.234 e. The molecule has 4 heteroatoms. The van der Waals surface area contributed by atoms with E-state index in [9.17, 15) is 4.79 Å². The van der Waals surface area contributed by atoms with E-state index in [0.717, 1.165) is 32.5 Å². The Morgan fingerprint density at radius 3 is 2.37 bits per heavy atom. The van der Waals surface area contributed by atoms with Gasteiger partial charge < -0.3 is 11.1 Å². The van der Waals surface area contributed by atoms with Crippen molar-refractivity contribution in [2.45, 2.75) is 52.6 Å². The van der Waals surface area contributed by atoms with Gasteiger partial charge in [-0.05, 0) is 45.7 Å². The molecule has 1 amide bonds. The molecule has 1 atom stereocenters. The van der Waals surface area contributed by atoms with Crippen molar-refractivity contribution in [2.75, 3.05) is 19.6 Å². The summed E-state index contributed by atoms with van der Waals surface area (Å²) in [5.41, 5.74) is 6.81. The molecule has 1 unspecified atom stereocenters. The average Bonchev–Trinajstić information content (AvgIpc) is 2.34. The van der Waals surface area contributed by atoms with Gasteiger partial charge in [-0.25, -0.2) is 0 Å². The molecule has 1 fully saturated rings. The topological polar surface area (TPSA) is 58.4 Å². The molecular formula is C15H29N3O. The molecular weight excluding hydrogens is 238 g/mol. The first-order valence-electron chi connectivity index (χ1n) is 7.31. The van der Waals surface area contributed by atoms with E-state index in [2.05, 4.69) is 30.1 Å². The number of nitrogens with two attached hydrogens (primary N) is 1. The first-order chi connectivity index (χ1) is 8.90. The number of hydrogen-bond donors (Lipinski definition) is 2. The highest BCUT2D eigenvalue weighted by Gasteiger charge is 2.25. The van der Waals surface area contributed by atoms with Crippen molar-refractivity contribution in [1.82, 2.24) is 10.2 Å². The molecule has 0 bridgehead atoms. The van der Waals surface area contributed by atoms with Gasteiger partial charge in [-0.2, -0.15) is 0 Å². The summed E-state index contributed by atoms with van der Waals surface area (Å²) in [6.07, 6.45) is 4.45. The van der Waals surface area contributed by atoms with E-state index in [1.807, 2.05) is 13.8 Å². The predicted molar refractivity (Wildman–Crippen MR) is 79.8 cm³/mol. The Morgan fingerprint density at radius 2 is 1.95 bits per heavy atom. The van der Waals surface area contributed by atoms with Crippen molar-refractivity contribution in [3.8, 4) is 0 Å². The van der Waals surface area contributed by atoms with Crippen molar-refractivity contribution >= 4 is 5.91 Å². The first-order valence-corrected chi connectivity index (χ1v) is 7.31. The summed E-state index contributed by atoms with van der Waals surface area (Å²) in [7, 11) is 0. The molecule has 0 radical (unpaired) electrons. The van der Waals surface area contributed by atoms with E-state index in [4.69, 9.17) is 5.73 Å². The number of nitrogens with zero attached hydrogens (tertiary/aromatic N) is 1. The van der Waals surface area contributed by atoms with Crippen LogP contribution in [0.5, 0.6) is 0 Å². The largest absolute Gasteiger partial charge is 0.368 e. The number of likely N-dealkylation sites (tertiary alicyclic amines) is 1. The van der Waals surface area contributed by atoms with Crippen molar-refractivity contribution in [3.63, 3.8) is 0 Å². The zero-order valence-corrected chi connectivity index (χ0v) is 12.8. The molecule has 0 aliphatic carbocycles. The van der Waals surface area contributed by atoms with Crippen LogP contribution in [0.15, 0.2) is 11.6 Å². The molecule has 0 spiro atoms. The molecule has 1 saturated heterocycles. The number of carbonyl (C=O) groups is 1. The van der Waals surface area contributed by atoms with Crippen LogP contribution < -0.4 is 11.1 Å². The summed E-state index contributed by atoms with van der Waals surface area (Å²) < 4.78 is 0. The van der Waals surface area contributed by atoms with Gasteiger partial charge in [0, 0.05) is 12.6 Å². The lowest BCUT2D eigenvalue weighted by Crippen LogP contribution is -2.52. The van der Waals surface area contributed by atoms with Gasteiger partial charge in [0.25, 0.3) is 0 Å². The lowest BCUT2D eigenvalue weighted by atomic mass is 9.98. The van der Waals surface area contributed by atoms with E-state index in [1.165, 1.54) is 5.57 Å². The Bertz CT molecular complexity index is 313. The number of allylic oxidation sites excluding steroid dienone is 1. The van der Waals surface area contributed by atoms with Crippen LogP contribution >= 0.6 is 0 Å². The summed E-state index contributed by atoms with van der Waals surface area (Å²) in [4.78, 5) is 13.9. The monoisotopic (exact) mass is 267 g/mol. The molecule has 4 nitrogen and oxygen atoms in total. The standard InChI is InChI=1S/C15H29N3O/c1-11(2)5-8-18-9-6-13(7-10-18)17-14(12(3)4)15(16)19/h5,12-14,17H,6-10H2,1-4H3,(H2,16,19). The quantitative estimate of drug-likeness (QED) is 0.717. The third-order valence-electron chi connectivity index (χ3n) is 3.73. The molecule has 0 saturated carbocycles. The second-order valence-electron chi connectivity index (χ2n) is 6.15. The molecule has 0 aromatic heterocycles. The van der Waals surface area contributed by atoms with Crippen LogP contribution in [-0.2, 0) is 4.79 Å². The van der Waals surface area contributed by atoms with E-state index >= 15 is 0 Å². The van der Waals surface area contributed by atoms with Gasteiger partial charge in [0.15, 0.2) is 0 Å². The van der Waals surface area contributed by atoms with Crippen molar-refractivity contribution in [1.29, 1.82) is 0 Å². The van der Waals surface area contributed by atoms with E-state index in [0.29, 0.717) is 6.04 Å². The fourth-order valence-corrected chi connectivity index (χ4v) is 2.45. The fraction of sp³-hybridized carbons (Fsp3) is 0.800. The highest BCUT2D eigenvalue weighted by molar-refractivity contribution is 5.80. The van der Waals surface area contributed by atoms with Crippen LogP contribution in [-0.4, -0.2) is 42.5 Å². The third-order valence-corrected chi connectivity index (χ3v) is 3.73. The summed E-state index contributed by atoms with van der Waals surface area (Å²) in [6.45, 7) is 11.6. The summed E-state index contributed by atoms with van der Waals surface area (Å²) in [5.74, 6) is 0.0168. The lowest BCUT2D eigenvalue weighted by molar-refractivity contribution is -0.121. The molecule has 110 valence electrons. The maximum atomic E-state index is 11.4. The Kier molecular flexibility index (Phi) is 6.52. The zero-order chi connectivity index (χ0) is 14.4. The van der Waals surface area contributed by atoms with Crippen molar-refractivity contribution < 1.29 is 4.79 Å². The van der Waals surface area contributed by atoms with Gasteiger partial charge in [0.05, 0.1) is 6.04 Å². The Balaban J connectivity index is 2.37. The maximum absolute atomic E-state index is 11.4. The van der Waals surface area contributed by atoms with Gasteiger partial charge in [-0.3, -0.25) is 9.69 Å². The third kappa shape index (κ3) is 5.74. The van der Waals surface area contributed by atoms with Gasteiger partial charge in [-0.1, -0.05) is 25.5 Å². The fourth-order valence-electron chi connectivity index (χ4n) is 2.45. The smallest absolute Gasteiger partial charge is 0.234 e. The summed E-state index contributed by atoms with van der Waals surface area (Å²) in [6, 6.07) is 0.220. The molecule has 1 heterocycles. The average molecular weight is 267 g/mol. The van der Waals surface area contributed by atoms with Gasteiger partial charge in [0.1, 0.15) is 0 Å². The number of carbonyl (C=O) groups excluding carboxylic acids is 1. The minimum atomic E-state index is -0.234. The van der Waals surface area contributed by atoms with Crippen molar-refractivity contribution in [3.05, 3.63) is 11.6 Å². The van der Waals surface area contributed by atoms with E-state index in [-0.39, 0.29) is 17.9 Å². The Labute approximate surface area is 117 Å². The Hall–Kier alpha value is -0.870. The van der Waals surface area contributed by atoms with Crippen LogP contribution in [0, 0.1) is 5.92 Å². The molecule has 1 rings (SSSR count). The SMILES string of the molecule is CC(C)=CCN1CCC(NC(C(N)=O)C(C)C)CC1. The molecule has 0 aromatic carbocycles. The van der Waals surface area contributed by atoms with Gasteiger partial charge in [0.2, 0.25) is 5.91 Å². The molecule has 1 aliphatic heterocycles. The second kappa shape index (κ2) is 7.65. The number of piperidine rings is 1. The van der Waals surface area contributed by atoms with Crippen molar-refractivity contribution in [2.24, 2.45) is 11.7 Å². The lowest BCUT2D eigenvalue weighted by Gasteiger charge is -2.34. The normalized spacial score (nSPS) is 19.4. The van der Waals surface area contributed by atoms with Crippen LogP contribution in [0.25, 0.3) is 0 Å². The number of primary amides is 1. The number of rotatable bonds is 6. The predicted octanol–water partition coefficient (Wildman–Crippen LogP) is 1.52. The minimum Gasteiger partial charge on any atom is -0.368 e. The van der Waals surface area contributed by atoms with Crippen LogP contribution in [0.3, 0.4) is 0 Å². The van der Waals surface area contributed by atoms with Crippen LogP contribution in [0.1, 0.15) is 40.5 Å². The molecule has 19 heavy (non-hydrogen) atoms. The number of hydrogen-bond acceptors (Lipinski definition) is 3. The summed E-state index contributed by atoms with van der Waals surface area (Å²) in [5, 5.41) is 3.42. The van der Waals surface area contributed by atoms with E-state index < -0.39 is 0 Å². The number of amides is 1. The molecule has 0 aromatic rings. The van der Waals surface area contributed by atoms with Gasteiger partial charge >= 0.3 is 0 Å². The molecule has 3 N–H and O–H groups in total. The van der Waals surface area contributed by atoms with E-state index in [1.54, 1.807) is 0 Å². The van der Waals surface area contributed by atoms with Crippen LogP contribution in [0.4, 0.5) is 0 Å². The first kappa shape index (κ1) is 16.2. The minimum absolute atomic E-state index is 0.200. The number of nitrogens with one attached hydrogen (secondary N) is 1. The second-order valence-corrected chi connectivity index (χ2v) is 6.15. The summed E-state index contributed by atoms with van der Waals surface area (Å²) >= 11 is 0. The Morgan fingerprint density at radius 1 is 1.37 bits per heavy atom. The zero-order valence-electron chi connectivity index (χ0n) is 12.8. The highest BCUT2D eigenvalue weighted by Crippen LogP contribution is 2.13. The molecule has 1 aliphatic rings.